The predicted molar refractivity (Wildman–Crippen MR) is 139 cm³/mol. The Morgan fingerprint density at radius 3 is 1.62 bits per heavy atom. The monoisotopic (exact) mass is 515 g/mol. The molecule has 37 heavy (non-hydrogen) atoms. The molecule has 7 rings (SSSR count). The predicted octanol–water partition coefficient (Wildman–Crippen LogP) is 9.51. The molecule has 0 saturated heterocycles. The fraction of sp³-hybridized carbons (Fsp3) is 0. The van der Waals surface area contributed by atoms with Crippen LogP contribution in [0.15, 0.2) is 84.9 Å². The summed E-state index contributed by atoms with van der Waals surface area (Å²) in [6.07, 6.45) is 0. The minimum atomic E-state index is -2.17. The van der Waals surface area contributed by atoms with Crippen LogP contribution in [-0.2, 0) is 0 Å². The third kappa shape index (κ3) is 3.07. The molecule has 1 nitrogen and oxygen atoms in total. The van der Waals surface area contributed by atoms with Gasteiger partial charge in [0.2, 0.25) is 5.82 Å². The number of halogens is 5. The second-order valence-electron chi connectivity index (χ2n) is 8.81. The molecule has 5 aromatic carbocycles. The van der Waals surface area contributed by atoms with E-state index in [0.717, 1.165) is 42.3 Å². The third-order valence-corrected chi connectivity index (χ3v) is 7.94. The molecule has 0 saturated carbocycles. The van der Waals surface area contributed by atoms with Crippen molar-refractivity contribution in [1.82, 2.24) is 4.57 Å². The highest BCUT2D eigenvalue weighted by Crippen LogP contribution is 2.40. The van der Waals surface area contributed by atoms with Crippen molar-refractivity contribution in [2.24, 2.45) is 0 Å². The quantitative estimate of drug-likeness (QED) is 0.123. The van der Waals surface area contributed by atoms with Crippen molar-refractivity contribution in [2.75, 3.05) is 0 Å². The lowest BCUT2D eigenvalue weighted by atomic mass is 10.0. The Labute approximate surface area is 210 Å². The fourth-order valence-corrected chi connectivity index (χ4v) is 6.19. The summed E-state index contributed by atoms with van der Waals surface area (Å²) in [7, 11) is 0. The highest BCUT2D eigenvalue weighted by atomic mass is 32.1. The summed E-state index contributed by atoms with van der Waals surface area (Å²) < 4.78 is 74.4. The van der Waals surface area contributed by atoms with E-state index in [2.05, 4.69) is 16.7 Å². The molecule has 180 valence electrons. The first-order valence-corrected chi connectivity index (χ1v) is 12.2. The minimum Gasteiger partial charge on any atom is -0.309 e. The molecule has 7 aromatic rings. The molecule has 0 radical (unpaired) electrons. The van der Waals surface area contributed by atoms with Crippen LogP contribution in [0.2, 0.25) is 0 Å². The van der Waals surface area contributed by atoms with E-state index in [4.69, 9.17) is 0 Å². The standard InChI is InChI=1S/C30H14F5NS/c31-26-25(27(32)29(34)30(35)28(26)33)15-9-11-23-19(13-15)20-14-16(10-12-24(20)37-23)36-21-7-3-1-5-17(21)18-6-2-4-8-22(18)36/h1-14H. The normalized spacial score (nSPS) is 11.9. The van der Waals surface area contributed by atoms with E-state index in [0.29, 0.717) is 5.39 Å². The van der Waals surface area contributed by atoms with Gasteiger partial charge in [0.15, 0.2) is 23.3 Å². The Morgan fingerprint density at radius 1 is 0.486 bits per heavy atom. The van der Waals surface area contributed by atoms with Crippen LogP contribution in [0.4, 0.5) is 22.0 Å². The molecule has 0 amide bonds. The van der Waals surface area contributed by atoms with Crippen LogP contribution in [0.25, 0.3) is 58.8 Å². The van der Waals surface area contributed by atoms with Gasteiger partial charge in [-0.25, -0.2) is 22.0 Å². The van der Waals surface area contributed by atoms with Crippen LogP contribution in [0.3, 0.4) is 0 Å². The topological polar surface area (TPSA) is 4.93 Å². The number of para-hydroxylation sites is 2. The zero-order chi connectivity index (χ0) is 25.4. The molecule has 0 unspecified atom stereocenters. The molecule has 0 aliphatic heterocycles. The van der Waals surface area contributed by atoms with E-state index < -0.39 is 34.6 Å². The van der Waals surface area contributed by atoms with Gasteiger partial charge in [-0.2, -0.15) is 0 Å². The number of aromatic nitrogens is 1. The molecule has 2 heterocycles. The summed E-state index contributed by atoms with van der Waals surface area (Å²) in [5, 5.41) is 3.72. The van der Waals surface area contributed by atoms with E-state index in [1.54, 1.807) is 6.07 Å². The Bertz CT molecular complexity index is 1970. The molecule has 0 bridgehead atoms. The number of hydrogen-bond donors (Lipinski definition) is 0. The van der Waals surface area contributed by atoms with Crippen LogP contribution in [-0.4, -0.2) is 4.57 Å². The largest absolute Gasteiger partial charge is 0.309 e. The first kappa shape index (κ1) is 22.0. The molecular formula is C30H14F5NS. The molecule has 0 aliphatic carbocycles. The fourth-order valence-electron chi connectivity index (χ4n) is 5.12. The van der Waals surface area contributed by atoms with Gasteiger partial charge < -0.3 is 4.57 Å². The minimum absolute atomic E-state index is 0.0812. The summed E-state index contributed by atoms with van der Waals surface area (Å²) in [4.78, 5) is 0. The number of benzene rings is 5. The van der Waals surface area contributed by atoms with E-state index in [1.165, 1.54) is 23.5 Å². The van der Waals surface area contributed by atoms with E-state index in [1.807, 2.05) is 54.6 Å². The van der Waals surface area contributed by atoms with Crippen molar-refractivity contribution in [2.45, 2.75) is 0 Å². The SMILES string of the molecule is Fc1c(F)c(F)c(-c2ccc3sc4ccc(-n5c6ccccc6c6ccccc65)cc4c3c2)c(F)c1F. The Hall–Kier alpha value is -4.23. The van der Waals surface area contributed by atoms with Crippen molar-refractivity contribution >= 4 is 53.3 Å². The van der Waals surface area contributed by atoms with Crippen molar-refractivity contribution in [3.63, 3.8) is 0 Å². The van der Waals surface area contributed by atoms with Crippen molar-refractivity contribution in [3.05, 3.63) is 114 Å². The lowest BCUT2D eigenvalue weighted by Gasteiger charge is -2.09. The smallest absolute Gasteiger partial charge is 0.200 e. The molecule has 2 aromatic heterocycles. The van der Waals surface area contributed by atoms with E-state index in [-0.39, 0.29) is 5.56 Å². The van der Waals surface area contributed by atoms with E-state index in [9.17, 15) is 22.0 Å². The average molecular weight is 516 g/mol. The van der Waals surface area contributed by atoms with Gasteiger partial charge in [-0.3, -0.25) is 0 Å². The molecule has 7 heteroatoms. The Kier molecular flexibility index (Phi) is 4.69. The van der Waals surface area contributed by atoms with Crippen LogP contribution < -0.4 is 0 Å². The summed E-state index contributed by atoms with van der Waals surface area (Å²) >= 11 is 1.49. The molecule has 0 spiro atoms. The van der Waals surface area contributed by atoms with Gasteiger partial charge in [0.1, 0.15) is 0 Å². The third-order valence-electron chi connectivity index (χ3n) is 6.79. The first-order valence-electron chi connectivity index (χ1n) is 11.4. The van der Waals surface area contributed by atoms with Crippen LogP contribution in [0, 0.1) is 29.1 Å². The number of hydrogen-bond acceptors (Lipinski definition) is 1. The number of rotatable bonds is 2. The van der Waals surface area contributed by atoms with Gasteiger partial charge in [0.05, 0.1) is 16.6 Å². The van der Waals surface area contributed by atoms with Crippen molar-refractivity contribution < 1.29 is 22.0 Å². The van der Waals surface area contributed by atoms with Gasteiger partial charge in [0.25, 0.3) is 0 Å². The maximum absolute atomic E-state index is 14.6. The summed E-state index contributed by atoms with van der Waals surface area (Å²) in [6.45, 7) is 0. The molecule has 0 atom stereocenters. The second kappa shape index (κ2) is 7.88. The maximum Gasteiger partial charge on any atom is 0.200 e. The maximum atomic E-state index is 14.6. The lowest BCUT2D eigenvalue weighted by molar-refractivity contribution is 0.381. The molecular weight excluding hydrogens is 501 g/mol. The molecule has 0 fully saturated rings. The zero-order valence-corrected chi connectivity index (χ0v) is 19.6. The molecule has 0 aliphatic rings. The number of fused-ring (bicyclic) bond motifs is 6. The van der Waals surface area contributed by atoms with Gasteiger partial charge in [-0.05, 0) is 48.0 Å². The lowest BCUT2D eigenvalue weighted by Crippen LogP contribution is -2.03. The van der Waals surface area contributed by atoms with Gasteiger partial charge >= 0.3 is 0 Å². The van der Waals surface area contributed by atoms with Gasteiger partial charge in [0, 0.05) is 36.6 Å². The molecule has 0 N–H and O–H groups in total. The van der Waals surface area contributed by atoms with Crippen molar-refractivity contribution in [1.29, 1.82) is 0 Å². The van der Waals surface area contributed by atoms with Crippen LogP contribution >= 0.6 is 11.3 Å². The highest BCUT2D eigenvalue weighted by molar-refractivity contribution is 7.25. The number of thiophene rings is 1. The van der Waals surface area contributed by atoms with Crippen molar-refractivity contribution in [3.8, 4) is 16.8 Å². The summed E-state index contributed by atoms with van der Waals surface area (Å²) in [5.74, 6) is -9.78. The zero-order valence-electron chi connectivity index (χ0n) is 18.8. The average Bonchev–Trinajstić information content (AvgIpc) is 3.46. The van der Waals surface area contributed by atoms with E-state index >= 15 is 0 Å². The summed E-state index contributed by atoms with van der Waals surface area (Å²) in [5.41, 5.74) is 1.94. The van der Waals surface area contributed by atoms with Crippen LogP contribution in [0.5, 0.6) is 0 Å². The van der Waals surface area contributed by atoms with Crippen LogP contribution in [0.1, 0.15) is 0 Å². The Balaban J connectivity index is 1.50. The van der Waals surface area contributed by atoms with Gasteiger partial charge in [-0.15, -0.1) is 11.3 Å². The number of nitrogens with zero attached hydrogens (tertiary/aromatic N) is 1. The highest BCUT2D eigenvalue weighted by Gasteiger charge is 2.27. The first-order chi connectivity index (χ1) is 17.9. The second-order valence-corrected chi connectivity index (χ2v) is 9.89. The Morgan fingerprint density at radius 2 is 1.00 bits per heavy atom. The van der Waals surface area contributed by atoms with Gasteiger partial charge in [-0.1, -0.05) is 42.5 Å². The summed E-state index contributed by atoms with van der Waals surface area (Å²) in [6, 6.07) is 26.7.